The summed E-state index contributed by atoms with van der Waals surface area (Å²) in [6, 6.07) is 12.4. The Morgan fingerprint density at radius 3 is 2.26 bits per heavy atom. The molecule has 144 valence electrons. The first-order valence-corrected chi connectivity index (χ1v) is 9.01. The van der Waals surface area contributed by atoms with Crippen LogP contribution in [0.2, 0.25) is 5.02 Å². The Balaban J connectivity index is 1.96. The number of hydrogen-bond donors (Lipinski definition) is 2. The average molecular weight is 390 g/mol. The van der Waals surface area contributed by atoms with Gasteiger partial charge in [0.1, 0.15) is 5.75 Å². The molecule has 0 radical (unpaired) electrons. The van der Waals surface area contributed by atoms with Crippen molar-refractivity contribution in [1.82, 2.24) is 4.90 Å². The Morgan fingerprint density at radius 2 is 1.70 bits per heavy atom. The van der Waals surface area contributed by atoms with Crippen molar-refractivity contribution >= 4 is 34.8 Å². The molecular formula is C20H24ClN3O3. The van der Waals surface area contributed by atoms with E-state index in [-0.39, 0.29) is 18.4 Å². The van der Waals surface area contributed by atoms with Gasteiger partial charge in [-0.05, 0) is 49.0 Å². The molecule has 0 aliphatic heterocycles. The third-order valence-corrected chi connectivity index (χ3v) is 4.17. The van der Waals surface area contributed by atoms with Crippen LogP contribution < -0.4 is 15.4 Å². The predicted octanol–water partition coefficient (Wildman–Crippen LogP) is 3.77. The summed E-state index contributed by atoms with van der Waals surface area (Å²) < 4.78 is 5.37. The van der Waals surface area contributed by atoms with E-state index in [0.717, 1.165) is 11.3 Å². The molecule has 2 amide bonds. The molecule has 0 saturated carbocycles. The molecule has 0 aliphatic rings. The molecule has 0 aromatic heterocycles. The molecule has 0 unspecified atom stereocenters. The Labute approximate surface area is 164 Å². The number of carbonyl (C=O) groups excluding carboxylic acids is 2. The summed E-state index contributed by atoms with van der Waals surface area (Å²) in [6.07, 6.45) is 0. The largest absolute Gasteiger partial charge is 0.496 e. The highest BCUT2D eigenvalue weighted by Gasteiger charge is 2.13. The summed E-state index contributed by atoms with van der Waals surface area (Å²) in [4.78, 5) is 25.4. The van der Waals surface area contributed by atoms with E-state index in [1.54, 1.807) is 37.4 Å². The van der Waals surface area contributed by atoms with Crippen molar-refractivity contribution < 1.29 is 14.3 Å². The topological polar surface area (TPSA) is 70.7 Å². The number of anilines is 2. The normalized spacial score (nSPS) is 10.6. The SMILES string of the molecule is CCN(CC(=O)Nc1ccc(NC(C)=O)cc1)Cc1cc(Cl)ccc1OC. The van der Waals surface area contributed by atoms with Gasteiger partial charge in [0.05, 0.1) is 13.7 Å². The molecule has 0 aliphatic carbocycles. The molecule has 0 bridgehead atoms. The molecular weight excluding hydrogens is 366 g/mol. The Kier molecular flexibility index (Phi) is 7.64. The monoisotopic (exact) mass is 389 g/mol. The fraction of sp³-hybridized carbons (Fsp3) is 0.300. The lowest BCUT2D eigenvalue weighted by molar-refractivity contribution is -0.117. The van der Waals surface area contributed by atoms with Gasteiger partial charge in [-0.1, -0.05) is 18.5 Å². The summed E-state index contributed by atoms with van der Waals surface area (Å²) in [5.41, 5.74) is 2.29. The average Bonchev–Trinajstić information content (AvgIpc) is 2.62. The number of nitrogens with one attached hydrogen (secondary N) is 2. The molecule has 6 nitrogen and oxygen atoms in total. The number of rotatable bonds is 8. The molecule has 2 aromatic rings. The number of nitrogens with zero attached hydrogens (tertiary/aromatic N) is 1. The summed E-state index contributed by atoms with van der Waals surface area (Å²) in [5, 5.41) is 6.18. The van der Waals surface area contributed by atoms with E-state index < -0.39 is 0 Å². The van der Waals surface area contributed by atoms with E-state index in [0.29, 0.717) is 29.5 Å². The van der Waals surface area contributed by atoms with Crippen molar-refractivity contribution in [3.05, 3.63) is 53.1 Å². The summed E-state index contributed by atoms with van der Waals surface area (Å²) in [6.45, 7) is 4.93. The minimum Gasteiger partial charge on any atom is -0.496 e. The zero-order valence-electron chi connectivity index (χ0n) is 15.7. The molecule has 0 heterocycles. The first-order valence-electron chi connectivity index (χ1n) is 8.63. The van der Waals surface area contributed by atoms with E-state index >= 15 is 0 Å². The van der Waals surface area contributed by atoms with Crippen molar-refractivity contribution in [3.63, 3.8) is 0 Å². The van der Waals surface area contributed by atoms with Gasteiger partial charge in [0, 0.05) is 35.4 Å². The number of hydrogen-bond acceptors (Lipinski definition) is 4. The second-order valence-electron chi connectivity index (χ2n) is 6.07. The van der Waals surface area contributed by atoms with Gasteiger partial charge in [-0.25, -0.2) is 0 Å². The number of methoxy groups -OCH3 is 1. The molecule has 2 N–H and O–H groups in total. The van der Waals surface area contributed by atoms with E-state index in [1.165, 1.54) is 6.92 Å². The molecule has 7 heteroatoms. The van der Waals surface area contributed by atoms with Crippen LogP contribution in [-0.2, 0) is 16.1 Å². The van der Waals surface area contributed by atoms with Gasteiger partial charge in [0.2, 0.25) is 11.8 Å². The lowest BCUT2D eigenvalue weighted by Crippen LogP contribution is -2.32. The molecule has 2 rings (SSSR count). The number of benzene rings is 2. The minimum atomic E-state index is -0.137. The summed E-state index contributed by atoms with van der Waals surface area (Å²) >= 11 is 6.08. The van der Waals surface area contributed by atoms with Crippen molar-refractivity contribution in [3.8, 4) is 5.75 Å². The van der Waals surface area contributed by atoms with Crippen molar-refractivity contribution in [2.24, 2.45) is 0 Å². The highest BCUT2D eigenvalue weighted by atomic mass is 35.5. The van der Waals surface area contributed by atoms with Gasteiger partial charge in [0.15, 0.2) is 0 Å². The van der Waals surface area contributed by atoms with Crippen LogP contribution in [0, 0.1) is 0 Å². The smallest absolute Gasteiger partial charge is 0.238 e. The highest BCUT2D eigenvalue weighted by molar-refractivity contribution is 6.30. The molecule has 0 atom stereocenters. The maximum atomic E-state index is 12.4. The number of amides is 2. The van der Waals surface area contributed by atoms with Crippen LogP contribution in [0.25, 0.3) is 0 Å². The minimum absolute atomic E-state index is 0.120. The van der Waals surface area contributed by atoms with Crippen LogP contribution in [-0.4, -0.2) is 36.9 Å². The van der Waals surface area contributed by atoms with Crippen LogP contribution in [0.5, 0.6) is 5.75 Å². The molecule has 27 heavy (non-hydrogen) atoms. The quantitative estimate of drug-likeness (QED) is 0.721. The predicted molar refractivity (Wildman–Crippen MR) is 108 cm³/mol. The molecule has 2 aromatic carbocycles. The summed E-state index contributed by atoms with van der Waals surface area (Å²) in [7, 11) is 1.61. The van der Waals surface area contributed by atoms with E-state index in [9.17, 15) is 9.59 Å². The fourth-order valence-electron chi connectivity index (χ4n) is 2.63. The summed E-state index contributed by atoms with van der Waals surface area (Å²) in [5.74, 6) is 0.485. The number of carbonyl (C=O) groups is 2. The van der Waals surface area contributed by atoms with Crippen LogP contribution >= 0.6 is 11.6 Å². The van der Waals surface area contributed by atoms with Gasteiger partial charge >= 0.3 is 0 Å². The Morgan fingerprint density at radius 1 is 1.07 bits per heavy atom. The standard InChI is InChI=1S/C20H24ClN3O3/c1-4-24(12-15-11-16(21)5-10-19(15)27-3)13-20(26)23-18-8-6-17(7-9-18)22-14(2)25/h5-11H,4,12-13H2,1-3H3,(H,22,25)(H,23,26). The number of likely N-dealkylation sites (N-methyl/N-ethyl adjacent to an activating group) is 1. The van der Waals surface area contributed by atoms with E-state index in [2.05, 4.69) is 10.6 Å². The molecule has 0 spiro atoms. The van der Waals surface area contributed by atoms with Gasteiger partial charge in [0.25, 0.3) is 0 Å². The van der Waals surface area contributed by atoms with E-state index in [1.807, 2.05) is 24.0 Å². The van der Waals surface area contributed by atoms with Crippen LogP contribution in [0.1, 0.15) is 19.4 Å². The zero-order chi connectivity index (χ0) is 19.8. The Hall–Kier alpha value is -2.57. The zero-order valence-corrected chi connectivity index (χ0v) is 16.5. The lowest BCUT2D eigenvalue weighted by Gasteiger charge is -2.21. The van der Waals surface area contributed by atoms with Gasteiger partial charge in [-0.3, -0.25) is 14.5 Å². The van der Waals surface area contributed by atoms with Crippen molar-refractivity contribution in [2.45, 2.75) is 20.4 Å². The van der Waals surface area contributed by atoms with Crippen LogP contribution in [0.15, 0.2) is 42.5 Å². The van der Waals surface area contributed by atoms with Crippen molar-refractivity contribution in [1.29, 1.82) is 0 Å². The highest BCUT2D eigenvalue weighted by Crippen LogP contribution is 2.24. The Bertz CT molecular complexity index is 794. The second-order valence-corrected chi connectivity index (χ2v) is 6.50. The third-order valence-electron chi connectivity index (χ3n) is 3.94. The second kappa shape index (κ2) is 9.94. The third kappa shape index (κ3) is 6.58. The van der Waals surface area contributed by atoms with Crippen molar-refractivity contribution in [2.75, 3.05) is 30.8 Å². The van der Waals surface area contributed by atoms with Crippen LogP contribution in [0.4, 0.5) is 11.4 Å². The first kappa shape index (κ1) is 20.7. The fourth-order valence-corrected chi connectivity index (χ4v) is 2.83. The number of ether oxygens (including phenoxy) is 1. The van der Waals surface area contributed by atoms with Gasteiger partial charge in [-0.2, -0.15) is 0 Å². The first-order chi connectivity index (χ1) is 12.9. The van der Waals surface area contributed by atoms with Gasteiger partial charge < -0.3 is 15.4 Å². The maximum absolute atomic E-state index is 12.4. The molecule has 0 saturated heterocycles. The molecule has 0 fully saturated rings. The van der Waals surface area contributed by atoms with Crippen LogP contribution in [0.3, 0.4) is 0 Å². The number of halogens is 1. The van der Waals surface area contributed by atoms with E-state index in [4.69, 9.17) is 16.3 Å². The lowest BCUT2D eigenvalue weighted by atomic mass is 10.2. The van der Waals surface area contributed by atoms with Gasteiger partial charge in [-0.15, -0.1) is 0 Å². The maximum Gasteiger partial charge on any atom is 0.238 e.